The van der Waals surface area contributed by atoms with E-state index in [1.165, 1.54) is 5.56 Å². The summed E-state index contributed by atoms with van der Waals surface area (Å²) in [6, 6.07) is 10.2. The number of nitriles is 1. The van der Waals surface area contributed by atoms with Gasteiger partial charge in [-0.15, -0.1) is 0 Å². The maximum absolute atomic E-state index is 11.4. The van der Waals surface area contributed by atoms with Gasteiger partial charge in [0.2, 0.25) is 0 Å². The standard InChI is InChI=1S/C13H14N2O/c1-2-10-3-5-12(6-4-10)15-8-11(7-14)13(16)9-15/h3-6,11H,2,8-9H2,1H3/t11-/m0/s1. The lowest BCUT2D eigenvalue weighted by Crippen LogP contribution is -2.19. The minimum absolute atomic E-state index is 0.0297. The van der Waals surface area contributed by atoms with Gasteiger partial charge in [-0.05, 0) is 24.1 Å². The molecule has 0 unspecified atom stereocenters. The Morgan fingerprint density at radius 1 is 1.44 bits per heavy atom. The molecular formula is C13H14N2O. The third-order valence-electron chi connectivity index (χ3n) is 3.00. The number of hydrogen-bond donors (Lipinski definition) is 0. The van der Waals surface area contributed by atoms with Gasteiger partial charge in [0.05, 0.1) is 12.6 Å². The Kier molecular flexibility index (Phi) is 2.91. The fourth-order valence-corrected chi connectivity index (χ4v) is 1.94. The Morgan fingerprint density at radius 2 is 2.12 bits per heavy atom. The molecule has 0 spiro atoms. The highest BCUT2D eigenvalue weighted by Crippen LogP contribution is 2.21. The van der Waals surface area contributed by atoms with Crippen LogP contribution < -0.4 is 4.90 Å². The average Bonchev–Trinajstić information content (AvgIpc) is 2.71. The monoisotopic (exact) mass is 214 g/mol. The second kappa shape index (κ2) is 4.36. The molecule has 0 amide bonds. The van der Waals surface area contributed by atoms with Crippen LogP contribution in [-0.4, -0.2) is 18.9 Å². The molecule has 0 radical (unpaired) electrons. The second-order valence-corrected chi connectivity index (χ2v) is 4.05. The van der Waals surface area contributed by atoms with E-state index in [1.54, 1.807) is 0 Å². The maximum Gasteiger partial charge on any atom is 0.170 e. The SMILES string of the molecule is CCc1ccc(N2CC(=O)[C@@H](C#N)C2)cc1. The minimum atomic E-state index is -0.453. The van der Waals surface area contributed by atoms with E-state index in [4.69, 9.17) is 5.26 Å². The Labute approximate surface area is 95.3 Å². The number of aryl methyl sites for hydroxylation is 1. The van der Waals surface area contributed by atoms with Crippen molar-refractivity contribution in [3.8, 4) is 6.07 Å². The summed E-state index contributed by atoms with van der Waals surface area (Å²) in [5.74, 6) is -0.423. The fourth-order valence-electron chi connectivity index (χ4n) is 1.94. The van der Waals surface area contributed by atoms with Crippen molar-refractivity contribution in [2.24, 2.45) is 5.92 Å². The highest BCUT2D eigenvalue weighted by molar-refractivity contribution is 5.91. The van der Waals surface area contributed by atoms with E-state index in [-0.39, 0.29) is 5.78 Å². The number of anilines is 1. The average molecular weight is 214 g/mol. The maximum atomic E-state index is 11.4. The summed E-state index contributed by atoms with van der Waals surface area (Å²) in [5.41, 5.74) is 2.31. The Bertz CT molecular complexity index is 430. The van der Waals surface area contributed by atoms with Gasteiger partial charge < -0.3 is 4.90 Å². The molecule has 1 aromatic carbocycles. The molecule has 1 saturated heterocycles. The molecule has 3 heteroatoms. The Balaban J connectivity index is 2.14. The number of ketones is 1. The summed E-state index contributed by atoms with van der Waals surface area (Å²) in [4.78, 5) is 13.4. The van der Waals surface area contributed by atoms with Crippen LogP contribution in [0.15, 0.2) is 24.3 Å². The molecule has 0 N–H and O–H groups in total. The van der Waals surface area contributed by atoms with Crippen LogP contribution in [0, 0.1) is 17.2 Å². The third kappa shape index (κ3) is 1.92. The minimum Gasteiger partial charge on any atom is -0.362 e. The molecule has 1 atom stereocenters. The van der Waals surface area contributed by atoms with Crippen molar-refractivity contribution < 1.29 is 4.79 Å². The zero-order valence-electron chi connectivity index (χ0n) is 9.31. The zero-order chi connectivity index (χ0) is 11.5. The molecule has 0 bridgehead atoms. The molecule has 3 nitrogen and oxygen atoms in total. The van der Waals surface area contributed by atoms with Crippen molar-refractivity contribution in [2.75, 3.05) is 18.0 Å². The van der Waals surface area contributed by atoms with Gasteiger partial charge in [-0.1, -0.05) is 19.1 Å². The van der Waals surface area contributed by atoms with Gasteiger partial charge in [-0.2, -0.15) is 5.26 Å². The normalized spacial score (nSPS) is 19.9. The quantitative estimate of drug-likeness (QED) is 0.753. The third-order valence-corrected chi connectivity index (χ3v) is 3.00. The van der Waals surface area contributed by atoms with Crippen LogP contribution >= 0.6 is 0 Å². The molecule has 0 saturated carbocycles. The van der Waals surface area contributed by atoms with Crippen molar-refractivity contribution in [1.82, 2.24) is 0 Å². The smallest absolute Gasteiger partial charge is 0.170 e. The summed E-state index contributed by atoms with van der Waals surface area (Å²) < 4.78 is 0. The molecule has 0 aromatic heterocycles. The van der Waals surface area contributed by atoms with Gasteiger partial charge in [-0.25, -0.2) is 0 Å². The van der Waals surface area contributed by atoms with Gasteiger partial charge in [0, 0.05) is 12.2 Å². The van der Waals surface area contributed by atoms with Gasteiger partial charge in [0.25, 0.3) is 0 Å². The van der Waals surface area contributed by atoms with E-state index in [0.29, 0.717) is 13.1 Å². The number of rotatable bonds is 2. The van der Waals surface area contributed by atoms with Crippen LogP contribution in [0.5, 0.6) is 0 Å². The highest BCUT2D eigenvalue weighted by Gasteiger charge is 2.30. The number of hydrogen-bond acceptors (Lipinski definition) is 3. The number of Topliss-reactive ketones (excluding diaryl/α,β-unsaturated/α-hetero) is 1. The van der Waals surface area contributed by atoms with Crippen molar-refractivity contribution in [3.63, 3.8) is 0 Å². The van der Waals surface area contributed by atoms with Gasteiger partial charge >= 0.3 is 0 Å². The molecule has 2 rings (SSSR count). The first-order valence-corrected chi connectivity index (χ1v) is 5.50. The van der Waals surface area contributed by atoms with Gasteiger partial charge in [0.15, 0.2) is 5.78 Å². The van der Waals surface area contributed by atoms with E-state index >= 15 is 0 Å². The van der Waals surface area contributed by atoms with Gasteiger partial charge in [0.1, 0.15) is 5.92 Å². The second-order valence-electron chi connectivity index (χ2n) is 4.05. The van der Waals surface area contributed by atoms with E-state index in [1.807, 2.05) is 23.1 Å². The molecule has 1 aromatic rings. The largest absolute Gasteiger partial charge is 0.362 e. The topological polar surface area (TPSA) is 44.1 Å². The number of carbonyl (C=O) groups excluding carboxylic acids is 1. The predicted octanol–water partition coefficient (Wildman–Crippen LogP) is 1.78. The highest BCUT2D eigenvalue weighted by atomic mass is 16.1. The number of benzene rings is 1. The summed E-state index contributed by atoms with van der Waals surface area (Å²) in [7, 11) is 0. The number of carbonyl (C=O) groups is 1. The first-order valence-electron chi connectivity index (χ1n) is 5.50. The van der Waals surface area contributed by atoms with Crippen LogP contribution in [0.1, 0.15) is 12.5 Å². The molecule has 1 heterocycles. The van der Waals surface area contributed by atoms with E-state index < -0.39 is 5.92 Å². The summed E-state index contributed by atoms with van der Waals surface area (Å²) in [6.45, 7) is 3.00. The Hall–Kier alpha value is -1.82. The molecular weight excluding hydrogens is 200 g/mol. The molecule has 0 aliphatic carbocycles. The van der Waals surface area contributed by atoms with E-state index in [0.717, 1.165) is 12.1 Å². The molecule has 82 valence electrons. The summed E-state index contributed by atoms with van der Waals surface area (Å²) in [6.07, 6.45) is 1.01. The lowest BCUT2D eigenvalue weighted by Gasteiger charge is -2.16. The summed E-state index contributed by atoms with van der Waals surface area (Å²) >= 11 is 0. The molecule has 1 aliphatic rings. The van der Waals surface area contributed by atoms with Crippen LogP contribution in [0.4, 0.5) is 5.69 Å². The van der Waals surface area contributed by atoms with Crippen LogP contribution in [0.3, 0.4) is 0 Å². The molecule has 1 fully saturated rings. The zero-order valence-corrected chi connectivity index (χ0v) is 9.31. The van der Waals surface area contributed by atoms with Crippen molar-refractivity contribution in [2.45, 2.75) is 13.3 Å². The first-order chi connectivity index (χ1) is 7.74. The van der Waals surface area contributed by atoms with Crippen LogP contribution in [0.2, 0.25) is 0 Å². The summed E-state index contributed by atoms with van der Waals surface area (Å²) in [5, 5.41) is 8.79. The predicted molar refractivity (Wildman–Crippen MR) is 62.1 cm³/mol. The lowest BCUT2D eigenvalue weighted by atomic mass is 10.1. The van der Waals surface area contributed by atoms with Crippen molar-refractivity contribution >= 4 is 11.5 Å². The van der Waals surface area contributed by atoms with Crippen molar-refractivity contribution in [1.29, 1.82) is 5.26 Å². The van der Waals surface area contributed by atoms with E-state index in [2.05, 4.69) is 19.1 Å². The van der Waals surface area contributed by atoms with Crippen LogP contribution in [0.25, 0.3) is 0 Å². The first kappa shape index (κ1) is 10.7. The van der Waals surface area contributed by atoms with Crippen LogP contribution in [-0.2, 0) is 11.2 Å². The lowest BCUT2D eigenvalue weighted by molar-refractivity contribution is -0.118. The van der Waals surface area contributed by atoms with Gasteiger partial charge in [-0.3, -0.25) is 4.79 Å². The Morgan fingerprint density at radius 3 is 2.62 bits per heavy atom. The van der Waals surface area contributed by atoms with Crippen molar-refractivity contribution in [3.05, 3.63) is 29.8 Å². The fraction of sp³-hybridized carbons (Fsp3) is 0.385. The molecule has 1 aliphatic heterocycles. The number of nitrogens with zero attached hydrogens (tertiary/aromatic N) is 2. The molecule has 16 heavy (non-hydrogen) atoms. The van der Waals surface area contributed by atoms with E-state index in [9.17, 15) is 4.79 Å².